The molecule has 1 atom stereocenters. The van der Waals surface area contributed by atoms with Crippen LogP contribution >= 0.6 is 22.6 Å². The van der Waals surface area contributed by atoms with Crippen LogP contribution in [-0.4, -0.2) is 11.9 Å². The van der Waals surface area contributed by atoms with Crippen molar-refractivity contribution in [2.45, 2.75) is 12.3 Å². The minimum Gasteiger partial charge on any atom is -0.451 e. The normalized spacial score (nSPS) is 12.5. The van der Waals surface area contributed by atoms with Crippen LogP contribution in [0.15, 0.2) is 77.2 Å². The Morgan fingerprint density at radius 2 is 1.77 bits per heavy atom. The fourth-order valence-corrected chi connectivity index (χ4v) is 3.04. The molecule has 1 heterocycles. The molecular formula is C22H15F3INO4. The fraction of sp³-hybridized carbons (Fsp3) is 0.0909. The summed E-state index contributed by atoms with van der Waals surface area (Å²) in [6.07, 6.45) is -3.44. The lowest BCUT2D eigenvalue weighted by molar-refractivity contribution is -0.149. The molecule has 3 rings (SSSR count). The van der Waals surface area contributed by atoms with E-state index >= 15 is 0 Å². The highest BCUT2D eigenvalue weighted by Crippen LogP contribution is 2.31. The largest absolute Gasteiger partial charge is 0.451 e. The Labute approximate surface area is 189 Å². The molecule has 1 unspecified atom stereocenters. The molecule has 0 bridgehead atoms. The number of amides is 1. The highest BCUT2D eigenvalue weighted by Gasteiger charge is 2.31. The number of halogens is 4. The number of alkyl halides is 3. The maximum absolute atomic E-state index is 12.9. The lowest BCUT2D eigenvalue weighted by atomic mass is 10.1. The Bertz CT molecular complexity index is 1090. The van der Waals surface area contributed by atoms with Crippen molar-refractivity contribution < 1.29 is 31.9 Å². The van der Waals surface area contributed by atoms with Gasteiger partial charge in [0.05, 0.1) is 5.56 Å². The number of carbonyl (C=O) groups excluding carboxylic acids is 2. The fourth-order valence-electron chi connectivity index (χ4n) is 2.61. The van der Waals surface area contributed by atoms with Crippen LogP contribution in [0, 0.1) is 3.77 Å². The molecule has 0 saturated heterocycles. The van der Waals surface area contributed by atoms with Gasteiger partial charge in [-0.3, -0.25) is 4.79 Å². The molecule has 1 aromatic heterocycles. The number of ether oxygens (including phenoxy) is 1. The van der Waals surface area contributed by atoms with Crippen LogP contribution < -0.4 is 5.32 Å². The molecule has 2 aromatic carbocycles. The molecule has 1 amide bonds. The van der Waals surface area contributed by atoms with E-state index in [1.54, 1.807) is 42.5 Å². The molecule has 1 N–H and O–H groups in total. The molecule has 0 fully saturated rings. The summed E-state index contributed by atoms with van der Waals surface area (Å²) in [5, 5.41) is 2.38. The van der Waals surface area contributed by atoms with Crippen LogP contribution in [0.1, 0.15) is 23.0 Å². The first kappa shape index (κ1) is 22.6. The van der Waals surface area contributed by atoms with Crippen molar-refractivity contribution in [2.75, 3.05) is 5.32 Å². The zero-order chi connectivity index (χ0) is 22.4. The van der Waals surface area contributed by atoms with Gasteiger partial charge < -0.3 is 14.5 Å². The molecule has 0 saturated carbocycles. The van der Waals surface area contributed by atoms with E-state index in [1.165, 1.54) is 18.2 Å². The summed E-state index contributed by atoms with van der Waals surface area (Å²) in [4.78, 5) is 25.0. The van der Waals surface area contributed by atoms with Gasteiger partial charge in [0, 0.05) is 17.3 Å². The first-order valence-electron chi connectivity index (χ1n) is 8.89. The van der Waals surface area contributed by atoms with E-state index < -0.39 is 29.7 Å². The van der Waals surface area contributed by atoms with Crippen molar-refractivity contribution in [1.82, 2.24) is 0 Å². The van der Waals surface area contributed by atoms with Crippen LogP contribution in [-0.2, 0) is 20.5 Å². The van der Waals surface area contributed by atoms with E-state index in [9.17, 15) is 22.8 Å². The zero-order valence-corrected chi connectivity index (χ0v) is 17.9. The Morgan fingerprint density at radius 1 is 1.03 bits per heavy atom. The van der Waals surface area contributed by atoms with Gasteiger partial charge in [-0.25, -0.2) is 4.79 Å². The number of benzene rings is 2. The zero-order valence-electron chi connectivity index (χ0n) is 15.7. The van der Waals surface area contributed by atoms with E-state index in [0.717, 1.165) is 18.2 Å². The summed E-state index contributed by atoms with van der Waals surface area (Å²) < 4.78 is 50.0. The second-order valence-corrected chi connectivity index (χ2v) is 7.33. The summed E-state index contributed by atoms with van der Waals surface area (Å²) in [5.74, 6) is -1.19. The second-order valence-electron chi connectivity index (χ2n) is 6.27. The number of hydrogen-bond donors (Lipinski definition) is 1. The van der Waals surface area contributed by atoms with Gasteiger partial charge in [-0.1, -0.05) is 36.4 Å². The predicted molar refractivity (Wildman–Crippen MR) is 116 cm³/mol. The Kier molecular flexibility index (Phi) is 7.16. The predicted octanol–water partition coefficient (Wildman–Crippen LogP) is 5.84. The van der Waals surface area contributed by atoms with Crippen molar-refractivity contribution in [3.05, 3.63) is 93.5 Å². The first-order chi connectivity index (χ1) is 14.7. The average molecular weight is 541 g/mol. The van der Waals surface area contributed by atoms with Crippen LogP contribution in [0.25, 0.3) is 6.08 Å². The first-order valence-corrected chi connectivity index (χ1v) is 9.97. The summed E-state index contributed by atoms with van der Waals surface area (Å²) in [6.45, 7) is 0. The number of nitrogens with one attached hydrogen (secondary N) is 1. The molecule has 160 valence electrons. The van der Waals surface area contributed by atoms with E-state index in [0.29, 0.717) is 15.1 Å². The standard InChI is InChI=1S/C22H15F3INO4/c23-22(24,25)15-7-4-8-16(13-15)27-21(29)20(14-5-2-1-3-6-14)31-19(28)12-10-17-9-11-18(26)30-17/h1-13,20H,(H,27,29)/b12-10+. The van der Waals surface area contributed by atoms with Crippen LogP contribution in [0.4, 0.5) is 18.9 Å². The molecule has 0 spiro atoms. The summed E-state index contributed by atoms with van der Waals surface area (Å²) in [7, 11) is 0. The lowest BCUT2D eigenvalue weighted by Gasteiger charge is -2.18. The molecule has 3 aromatic rings. The second kappa shape index (κ2) is 9.82. The monoisotopic (exact) mass is 541 g/mol. The quantitative estimate of drug-likeness (QED) is 0.242. The van der Waals surface area contributed by atoms with Crippen molar-refractivity contribution in [1.29, 1.82) is 0 Å². The minimum atomic E-state index is -4.56. The summed E-state index contributed by atoms with van der Waals surface area (Å²) in [6, 6.07) is 15.7. The van der Waals surface area contributed by atoms with E-state index in [-0.39, 0.29) is 5.69 Å². The Hall–Kier alpha value is -3.08. The van der Waals surface area contributed by atoms with Gasteiger partial charge in [0.15, 0.2) is 3.77 Å². The Balaban J connectivity index is 1.78. The number of esters is 1. The van der Waals surface area contributed by atoms with Gasteiger partial charge in [0.25, 0.3) is 5.91 Å². The lowest BCUT2D eigenvalue weighted by Crippen LogP contribution is -2.25. The van der Waals surface area contributed by atoms with Crippen LogP contribution in [0.5, 0.6) is 0 Å². The van der Waals surface area contributed by atoms with Gasteiger partial charge in [-0.05, 0) is 59.0 Å². The van der Waals surface area contributed by atoms with Gasteiger partial charge in [-0.2, -0.15) is 13.2 Å². The Morgan fingerprint density at radius 3 is 2.42 bits per heavy atom. The maximum atomic E-state index is 12.9. The topological polar surface area (TPSA) is 68.5 Å². The van der Waals surface area contributed by atoms with Crippen molar-refractivity contribution in [3.63, 3.8) is 0 Å². The van der Waals surface area contributed by atoms with E-state index in [4.69, 9.17) is 9.15 Å². The molecular weight excluding hydrogens is 526 g/mol. The van der Waals surface area contributed by atoms with E-state index in [1.807, 2.05) is 22.6 Å². The molecule has 9 heteroatoms. The third-order valence-corrected chi connectivity index (χ3v) is 4.59. The van der Waals surface area contributed by atoms with Crippen molar-refractivity contribution in [3.8, 4) is 0 Å². The third-order valence-electron chi connectivity index (χ3n) is 4.01. The number of rotatable bonds is 6. The third kappa shape index (κ3) is 6.45. The van der Waals surface area contributed by atoms with Crippen LogP contribution in [0.3, 0.4) is 0 Å². The van der Waals surface area contributed by atoms with E-state index in [2.05, 4.69) is 5.32 Å². The number of carbonyl (C=O) groups is 2. The van der Waals surface area contributed by atoms with Gasteiger partial charge >= 0.3 is 12.1 Å². The van der Waals surface area contributed by atoms with Crippen molar-refractivity contribution >= 4 is 46.2 Å². The van der Waals surface area contributed by atoms with Gasteiger partial charge in [0.1, 0.15) is 5.76 Å². The minimum absolute atomic E-state index is 0.0718. The molecule has 0 aliphatic heterocycles. The smallest absolute Gasteiger partial charge is 0.416 e. The van der Waals surface area contributed by atoms with Gasteiger partial charge in [0.2, 0.25) is 6.10 Å². The molecule has 0 radical (unpaired) electrons. The number of anilines is 1. The summed E-state index contributed by atoms with van der Waals surface area (Å²) in [5.41, 5.74) is -0.617. The number of hydrogen-bond acceptors (Lipinski definition) is 4. The molecule has 31 heavy (non-hydrogen) atoms. The highest BCUT2D eigenvalue weighted by atomic mass is 127. The average Bonchev–Trinajstić information content (AvgIpc) is 3.16. The maximum Gasteiger partial charge on any atom is 0.416 e. The number of furan rings is 1. The summed E-state index contributed by atoms with van der Waals surface area (Å²) >= 11 is 1.97. The van der Waals surface area contributed by atoms with Crippen LogP contribution in [0.2, 0.25) is 0 Å². The van der Waals surface area contributed by atoms with Crippen molar-refractivity contribution in [2.24, 2.45) is 0 Å². The highest BCUT2D eigenvalue weighted by molar-refractivity contribution is 14.1. The van der Waals surface area contributed by atoms with Gasteiger partial charge in [-0.15, -0.1) is 0 Å². The SMILES string of the molecule is O=C(/C=C/c1ccc(I)o1)OC(C(=O)Nc1cccc(C(F)(F)F)c1)c1ccccc1. The molecule has 0 aliphatic carbocycles. The molecule has 5 nitrogen and oxygen atoms in total. The molecule has 0 aliphatic rings.